The molecule has 184 valence electrons. The van der Waals surface area contributed by atoms with Crippen molar-refractivity contribution in [1.29, 1.82) is 0 Å². The first-order valence-electron chi connectivity index (χ1n) is 11.3. The summed E-state index contributed by atoms with van der Waals surface area (Å²) < 4.78 is 21.7. The lowest BCUT2D eigenvalue weighted by Gasteiger charge is -2.30. The highest BCUT2D eigenvalue weighted by Crippen LogP contribution is 2.39. The number of hydrogen-bond acceptors (Lipinski definition) is 8. The summed E-state index contributed by atoms with van der Waals surface area (Å²) in [6.45, 7) is 4.71. The van der Waals surface area contributed by atoms with Gasteiger partial charge in [-0.1, -0.05) is 11.8 Å². The Morgan fingerprint density at radius 3 is 2.23 bits per heavy atom. The van der Waals surface area contributed by atoms with Gasteiger partial charge in [0.25, 0.3) is 0 Å². The minimum absolute atomic E-state index is 0.256. The molecule has 2 aromatic carbocycles. The molecule has 0 amide bonds. The second kappa shape index (κ2) is 10.7. The van der Waals surface area contributed by atoms with Crippen molar-refractivity contribution in [2.75, 3.05) is 68.2 Å². The van der Waals surface area contributed by atoms with Gasteiger partial charge in [0.15, 0.2) is 11.5 Å². The lowest BCUT2D eigenvalue weighted by atomic mass is 10.0. The van der Waals surface area contributed by atoms with Gasteiger partial charge in [-0.3, -0.25) is 14.8 Å². The number of rotatable bonds is 7. The van der Waals surface area contributed by atoms with Crippen LogP contribution in [0.5, 0.6) is 23.0 Å². The maximum absolute atomic E-state index is 13.5. The maximum Gasteiger partial charge on any atom is 0.211 e. The number of benzene rings is 2. The zero-order valence-corrected chi connectivity index (χ0v) is 20.7. The number of nitrogens with one attached hydrogen (secondary N) is 1. The number of fused-ring (bicyclic) bond motifs is 1. The zero-order chi connectivity index (χ0) is 24.9. The van der Waals surface area contributed by atoms with Gasteiger partial charge in [0.05, 0.1) is 40.5 Å². The summed E-state index contributed by atoms with van der Waals surface area (Å²) in [4.78, 5) is 18.1. The molecule has 0 aliphatic carbocycles. The Balaban J connectivity index is 1.69. The van der Waals surface area contributed by atoms with E-state index < -0.39 is 0 Å². The number of piperazine rings is 1. The number of H-pyrrole nitrogens is 1. The molecule has 35 heavy (non-hydrogen) atoms. The Morgan fingerprint density at radius 2 is 1.63 bits per heavy atom. The van der Waals surface area contributed by atoms with Crippen LogP contribution in [-0.4, -0.2) is 94.0 Å². The van der Waals surface area contributed by atoms with Crippen molar-refractivity contribution in [3.05, 3.63) is 41.1 Å². The van der Waals surface area contributed by atoms with Crippen molar-refractivity contribution in [3.63, 3.8) is 0 Å². The molecule has 9 heteroatoms. The summed E-state index contributed by atoms with van der Waals surface area (Å²) in [6, 6.07) is 6.87. The summed E-state index contributed by atoms with van der Waals surface area (Å²) in [5.41, 5.74) is 1.97. The minimum atomic E-state index is -0.256. The highest BCUT2D eigenvalue weighted by molar-refractivity contribution is 6.16. The molecular formula is C26H30N4O5. The average molecular weight is 479 g/mol. The van der Waals surface area contributed by atoms with E-state index in [2.05, 4.69) is 38.9 Å². The van der Waals surface area contributed by atoms with Crippen LogP contribution in [0.1, 0.15) is 21.6 Å². The topological polar surface area (TPSA) is 89.2 Å². The first-order chi connectivity index (χ1) is 17.0. The molecule has 1 aliphatic rings. The lowest BCUT2D eigenvalue weighted by Crippen LogP contribution is -2.44. The van der Waals surface area contributed by atoms with Gasteiger partial charge >= 0.3 is 0 Å². The summed E-state index contributed by atoms with van der Waals surface area (Å²) >= 11 is 0. The molecule has 0 saturated carbocycles. The van der Waals surface area contributed by atoms with E-state index in [9.17, 15) is 4.79 Å². The first-order valence-corrected chi connectivity index (χ1v) is 11.3. The summed E-state index contributed by atoms with van der Waals surface area (Å²) in [7, 11) is 8.27. The van der Waals surface area contributed by atoms with Gasteiger partial charge in [-0.15, -0.1) is 0 Å². The van der Waals surface area contributed by atoms with Crippen LogP contribution in [0.2, 0.25) is 0 Å². The summed E-state index contributed by atoms with van der Waals surface area (Å²) in [5, 5.41) is 7.99. The van der Waals surface area contributed by atoms with E-state index in [1.165, 1.54) is 21.3 Å². The highest BCUT2D eigenvalue weighted by Gasteiger charge is 2.22. The number of carbonyl (C=O) groups is 1. The molecule has 0 bridgehead atoms. The van der Waals surface area contributed by atoms with Crippen LogP contribution in [0.15, 0.2) is 24.3 Å². The number of ether oxygens (including phenoxy) is 4. The van der Waals surface area contributed by atoms with Crippen molar-refractivity contribution < 1.29 is 23.7 Å². The fourth-order valence-corrected chi connectivity index (χ4v) is 4.13. The van der Waals surface area contributed by atoms with Crippen LogP contribution in [0.4, 0.5) is 0 Å². The molecule has 3 aromatic rings. The van der Waals surface area contributed by atoms with Crippen molar-refractivity contribution >= 4 is 16.7 Å². The highest BCUT2D eigenvalue weighted by atomic mass is 16.5. The Bertz CT molecular complexity index is 1260. The van der Waals surface area contributed by atoms with Crippen LogP contribution < -0.4 is 18.9 Å². The molecular weight excluding hydrogens is 448 g/mol. The molecule has 2 heterocycles. The van der Waals surface area contributed by atoms with Gasteiger partial charge in [-0.25, -0.2) is 0 Å². The molecule has 1 aromatic heterocycles. The third-order valence-corrected chi connectivity index (χ3v) is 6.17. The van der Waals surface area contributed by atoms with Gasteiger partial charge in [0.2, 0.25) is 11.5 Å². The van der Waals surface area contributed by atoms with Crippen molar-refractivity contribution in [3.8, 4) is 34.8 Å². The first kappa shape index (κ1) is 24.4. The number of ketones is 1. The van der Waals surface area contributed by atoms with Crippen molar-refractivity contribution in [1.82, 2.24) is 20.0 Å². The molecule has 0 radical (unpaired) electrons. The van der Waals surface area contributed by atoms with E-state index in [1.54, 1.807) is 19.2 Å². The molecule has 9 nitrogen and oxygen atoms in total. The van der Waals surface area contributed by atoms with Crippen LogP contribution in [0.25, 0.3) is 10.9 Å². The number of aromatic nitrogens is 2. The van der Waals surface area contributed by atoms with E-state index in [0.29, 0.717) is 57.3 Å². The number of likely N-dealkylation sites (N-methyl/N-ethyl adjacent to an activating group) is 1. The molecule has 0 atom stereocenters. The molecule has 0 unspecified atom stereocenters. The smallest absolute Gasteiger partial charge is 0.211 e. The molecule has 1 fully saturated rings. The van der Waals surface area contributed by atoms with Gasteiger partial charge in [0, 0.05) is 37.1 Å². The maximum atomic E-state index is 13.5. The lowest BCUT2D eigenvalue weighted by molar-refractivity contribution is 0.103. The SMILES string of the molecule is COc1cc(C(=O)c2[nH]nc3c(C#CCN4CCN(C)CC4)c(OC)ccc23)cc(OC)c1OC. The van der Waals surface area contributed by atoms with Gasteiger partial charge in [-0.05, 0) is 31.3 Å². The largest absolute Gasteiger partial charge is 0.495 e. The van der Waals surface area contributed by atoms with Crippen LogP contribution in [0, 0.1) is 11.8 Å². The Kier molecular flexibility index (Phi) is 7.44. The third kappa shape index (κ3) is 4.90. The van der Waals surface area contributed by atoms with Gasteiger partial charge in [0.1, 0.15) is 17.0 Å². The van der Waals surface area contributed by atoms with Crippen molar-refractivity contribution in [2.45, 2.75) is 0 Å². The van der Waals surface area contributed by atoms with E-state index >= 15 is 0 Å². The fourth-order valence-electron chi connectivity index (χ4n) is 4.13. The monoisotopic (exact) mass is 478 g/mol. The molecule has 1 saturated heterocycles. The summed E-state index contributed by atoms with van der Waals surface area (Å²) in [5.74, 6) is 8.06. The predicted octanol–water partition coefficient (Wildman–Crippen LogP) is 2.43. The Hall–Kier alpha value is -3.74. The Morgan fingerprint density at radius 1 is 0.971 bits per heavy atom. The standard InChI is InChI=1S/C26H30N4O5/c1-29-11-13-30(14-12-29)10-6-7-18-20(32-2)9-8-19-23(18)27-28-24(19)25(31)17-15-21(33-3)26(35-5)22(16-17)34-4/h8-9,15-16H,10-14H2,1-5H3,(H,27,28). The number of carbonyl (C=O) groups excluding carboxylic acids is 1. The second-order valence-electron chi connectivity index (χ2n) is 8.26. The van der Waals surface area contributed by atoms with Gasteiger partial charge in [-0.2, -0.15) is 5.10 Å². The number of methoxy groups -OCH3 is 4. The third-order valence-electron chi connectivity index (χ3n) is 6.17. The number of hydrogen-bond donors (Lipinski definition) is 1. The predicted molar refractivity (Wildman–Crippen MR) is 133 cm³/mol. The molecule has 0 spiro atoms. The normalized spacial score (nSPS) is 14.3. The summed E-state index contributed by atoms with van der Waals surface area (Å²) in [6.07, 6.45) is 0. The number of aromatic amines is 1. The van der Waals surface area contributed by atoms with Crippen LogP contribution in [-0.2, 0) is 0 Å². The Labute approximate surface area is 204 Å². The van der Waals surface area contributed by atoms with Crippen LogP contribution >= 0.6 is 0 Å². The van der Waals surface area contributed by atoms with Crippen molar-refractivity contribution in [2.24, 2.45) is 0 Å². The second-order valence-corrected chi connectivity index (χ2v) is 8.26. The zero-order valence-electron chi connectivity index (χ0n) is 20.7. The number of nitrogens with zero attached hydrogens (tertiary/aromatic N) is 3. The van der Waals surface area contributed by atoms with E-state index in [0.717, 1.165) is 26.2 Å². The fraction of sp³-hybridized carbons (Fsp3) is 0.385. The molecule has 1 N–H and O–H groups in total. The minimum Gasteiger partial charge on any atom is -0.495 e. The average Bonchev–Trinajstić information content (AvgIpc) is 3.32. The van der Waals surface area contributed by atoms with E-state index in [1.807, 2.05) is 12.1 Å². The quantitative estimate of drug-likeness (QED) is 0.409. The molecule has 1 aliphatic heterocycles. The van der Waals surface area contributed by atoms with E-state index in [4.69, 9.17) is 18.9 Å². The molecule has 4 rings (SSSR count). The van der Waals surface area contributed by atoms with Gasteiger partial charge < -0.3 is 23.8 Å². The van der Waals surface area contributed by atoms with E-state index in [-0.39, 0.29) is 5.78 Å². The van der Waals surface area contributed by atoms with Crippen LogP contribution in [0.3, 0.4) is 0 Å².